The van der Waals surface area contributed by atoms with Crippen LogP contribution in [0.15, 0.2) is 24.3 Å². The van der Waals surface area contributed by atoms with Crippen LogP contribution in [0, 0.1) is 5.92 Å². The number of rotatable bonds is 9. The summed E-state index contributed by atoms with van der Waals surface area (Å²) in [6.45, 7) is 5.41. The van der Waals surface area contributed by atoms with Crippen LogP contribution in [0.3, 0.4) is 0 Å². The zero-order valence-electron chi connectivity index (χ0n) is 15.0. The molecule has 1 fully saturated rings. The molecule has 1 saturated carbocycles. The number of benzene rings is 1. The number of ether oxygens (including phenoxy) is 2. The van der Waals surface area contributed by atoms with Gasteiger partial charge in [-0.1, -0.05) is 24.3 Å². The van der Waals surface area contributed by atoms with Gasteiger partial charge in [-0.15, -0.1) is 0 Å². The number of carbonyl (C=O) groups is 3. The Balaban J connectivity index is 2.22. The fourth-order valence-corrected chi connectivity index (χ4v) is 3.19. The Morgan fingerprint density at radius 1 is 1.12 bits per heavy atom. The summed E-state index contributed by atoms with van der Waals surface area (Å²) in [6, 6.07) is 7.15. The lowest BCUT2D eigenvalue weighted by atomic mass is 9.80. The second-order valence-corrected chi connectivity index (χ2v) is 6.18. The monoisotopic (exact) mass is 346 g/mol. The van der Waals surface area contributed by atoms with Gasteiger partial charge in [-0.05, 0) is 25.8 Å². The van der Waals surface area contributed by atoms with Crippen molar-refractivity contribution in [2.24, 2.45) is 5.92 Å². The Labute approximate surface area is 148 Å². The van der Waals surface area contributed by atoms with E-state index in [0.29, 0.717) is 51.1 Å². The quantitative estimate of drug-likeness (QED) is 0.508. The average Bonchev–Trinajstić information content (AvgIpc) is 2.60. The van der Waals surface area contributed by atoms with E-state index in [1.165, 1.54) is 0 Å². The summed E-state index contributed by atoms with van der Waals surface area (Å²) in [7, 11) is 0. The molecule has 1 aliphatic carbocycles. The van der Waals surface area contributed by atoms with Gasteiger partial charge in [0.1, 0.15) is 5.92 Å². The number of Topliss-reactive ketones (excluding diaryl/α,β-unsaturated/α-hetero) is 3. The van der Waals surface area contributed by atoms with Gasteiger partial charge < -0.3 is 9.47 Å². The first kappa shape index (κ1) is 19.5. The number of carbonyl (C=O) groups excluding carboxylic acids is 3. The lowest BCUT2D eigenvalue weighted by Gasteiger charge is -2.21. The molecule has 1 atom stereocenters. The molecule has 136 valence electrons. The molecule has 0 spiro atoms. The van der Waals surface area contributed by atoms with E-state index in [4.69, 9.17) is 9.47 Å². The van der Waals surface area contributed by atoms with E-state index in [0.717, 1.165) is 5.56 Å². The second-order valence-electron chi connectivity index (χ2n) is 6.18. The van der Waals surface area contributed by atoms with Gasteiger partial charge in [0.15, 0.2) is 17.3 Å². The van der Waals surface area contributed by atoms with Gasteiger partial charge in [0, 0.05) is 38.0 Å². The van der Waals surface area contributed by atoms with Crippen LogP contribution in [-0.4, -0.2) is 43.3 Å². The van der Waals surface area contributed by atoms with Crippen LogP contribution in [0.4, 0.5) is 0 Å². The van der Waals surface area contributed by atoms with E-state index in [2.05, 4.69) is 0 Å². The van der Waals surface area contributed by atoms with E-state index in [9.17, 15) is 14.4 Å². The van der Waals surface area contributed by atoms with Crippen molar-refractivity contribution in [2.45, 2.75) is 45.6 Å². The van der Waals surface area contributed by atoms with Gasteiger partial charge in [-0.25, -0.2) is 0 Å². The summed E-state index contributed by atoms with van der Waals surface area (Å²) in [6.07, 6.45) is 1.48. The summed E-state index contributed by atoms with van der Waals surface area (Å²) in [4.78, 5) is 37.1. The molecule has 1 unspecified atom stereocenters. The summed E-state index contributed by atoms with van der Waals surface area (Å²) in [5, 5.41) is 0. The molecule has 0 saturated heterocycles. The predicted molar refractivity (Wildman–Crippen MR) is 93.7 cm³/mol. The van der Waals surface area contributed by atoms with E-state index in [1.807, 2.05) is 26.0 Å². The zero-order valence-corrected chi connectivity index (χ0v) is 15.0. The summed E-state index contributed by atoms with van der Waals surface area (Å²) >= 11 is 0. The van der Waals surface area contributed by atoms with Gasteiger partial charge in [0.25, 0.3) is 0 Å². The van der Waals surface area contributed by atoms with Crippen LogP contribution in [0.5, 0.6) is 0 Å². The highest BCUT2D eigenvalue weighted by molar-refractivity contribution is 6.25. The molecular weight excluding hydrogens is 320 g/mol. The molecule has 0 bridgehead atoms. The molecule has 2 rings (SSSR count). The van der Waals surface area contributed by atoms with Crippen molar-refractivity contribution in [3.05, 3.63) is 35.4 Å². The highest BCUT2D eigenvalue weighted by Gasteiger charge is 2.37. The van der Waals surface area contributed by atoms with Crippen molar-refractivity contribution in [3.63, 3.8) is 0 Å². The van der Waals surface area contributed by atoms with Crippen molar-refractivity contribution in [3.8, 4) is 0 Å². The third-order valence-corrected chi connectivity index (χ3v) is 4.39. The average molecular weight is 346 g/mol. The van der Waals surface area contributed by atoms with Crippen molar-refractivity contribution in [1.29, 1.82) is 0 Å². The van der Waals surface area contributed by atoms with Crippen LogP contribution < -0.4 is 0 Å². The number of hydrogen-bond acceptors (Lipinski definition) is 5. The van der Waals surface area contributed by atoms with E-state index < -0.39 is 5.92 Å². The SMILES string of the molecule is CCOCC(Cc1ccccc1C(=O)C1C(=O)CCCC1=O)OCC. The van der Waals surface area contributed by atoms with Gasteiger partial charge >= 0.3 is 0 Å². The molecule has 5 heteroatoms. The van der Waals surface area contributed by atoms with Crippen LogP contribution in [0.25, 0.3) is 0 Å². The highest BCUT2D eigenvalue weighted by Crippen LogP contribution is 2.24. The minimum atomic E-state index is -1.13. The molecule has 1 aromatic carbocycles. The maximum atomic E-state index is 12.9. The minimum absolute atomic E-state index is 0.170. The number of hydrogen-bond donors (Lipinski definition) is 0. The van der Waals surface area contributed by atoms with Crippen LogP contribution in [0.2, 0.25) is 0 Å². The Kier molecular flexibility index (Phi) is 7.47. The van der Waals surface area contributed by atoms with E-state index in [1.54, 1.807) is 12.1 Å². The second kappa shape index (κ2) is 9.59. The first-order valence-electron chi connectivity index (χ1n) is 8.95. The molecule has 25 heavy (non-hydrogen) atoms. The van der Waals surface area contributed by atoms with Crippen LogP contribution in [0.1, 0.15) is 49.0 Å². The molecule has 0 N–H and O–H groups in total. The Morgan fingerprint density at radius 3 is 2.44 bits per heavy atom. The fraction of sp³-hybridized carbons (Fsp3) is 0.550. The largest absolute Gasteiger partial charge is 0.379 e. The van der Waals surface area contributed by atoms with E-state index >= 15 is 0 Å². The molecular formula is C20H26O5. The normalized spacial score (nSPS) is 16.9. The maximum absolute atomic E-state index is 12.9. The van der Waals surface area contributed by atoms with E-state index in [-0.39, 0.29) is 23.5 Å². The highest BCUT2D eigenvalue weighted by atomic mass is 16.5. The first-order valence-corrected chi connectivity index (χ1v) is 8.95. The van der Waals surface area contributed by atoms with Gasteiger partial charge in [0.2, 0.25) is 0 Å². The standard InChI is InChI=1S/C20H26O5/c1-3-24-13-15(25-4-2)12-14-8-5-6-9-16(14)20(23)19-17(21)10-7-11-18(19)22/h5-6,8-9,15,19H,3-4,7,10-13H2,1-2H3. The molecule has 0 heterocycles. The molecule has 1 aliphatic rings. The van der Waals surface area contributed by atoms with Crippen LogP contribution >= 0.6 is 0 Å². The molecule has 0 radical (unpaired) electrons. The predicted octanol–water partition coefficient (Wildman–Crippen LogP) is 2.79. The topological polar surface area (TPSA) is 69.7 Å². The van der Waals surface area contributed by atoms with Crippen molar-refractivity contribution < 1.29 is 23.9 Å². The van der Waals surface area contributed by atoms with Crippen LogP contribution in [-0.2, 0) is 25.5 Å². The Hall–Kier alpha value is -1.85. The van der Waals surface area contributed by atoms with Gasteiger partial charge in [-0.2, -0.15) is 0 Å². The summed E-state index contributed by atoms with van der Waals surface area (Å²) < 4.78 is 11.2. The molecule has 1 aromatic rings. The van der Waals surface area contributed by atoms with Crippen molar-refractivity contribution in [2.75, 3.05) is 19.8 Å². The van der Waals surface area contributed by atoms with Gasteiger partial charge in [0.05, 0.1) is 12.7 Å². The van der Waals surface area contributed by atoms with Gasteiger partial charge in [-0.3, -0.25) is 14.4 Å². The molecule has 5 nitrogen and oxygen atoms in total. The summed E-state index contributed by atoms with van der Waals surface area (Å²) in [5.74, 6) is -2.03. The zero-order chi connectivity index (χ0) is 18.2. The third-order valence-electron chi connectivity index (χ3n) is 4.39. The van der Waals surface area contributed by atoms with Crippen molar-refractivity contribution >= 4 is 17.3 Å². The van der Waals surface area contributed by atoms with Crippen molar-refractivity contribution in [1.82, 2.24) is 0 Å². The third kappa shape index (κ3) is 5.06. The summed E-state index contributed by atoms with van der Waals surface area (Å²) in [5.41, 5.74) is 1.23. The Morgan fingerprint density at radius 2 is 1.80 bits per heavy atom. The minimum Gasteiger partial charge on any atom is -0.379 e. The number of ketones is 3. The smallest absolute Gasteiger partial charge is 0.181 e. The molecule has 0 aliphatic heterocycles. The maximum Gasteiger partial charge on any atom is 0.181 e. The molecule has 0 aromatic heterocycles. The Bertz CT molecular complexity index is 606. The fourth-order valence-electron chi connectivity index (χ4n) is 3.19. The lowest BCUT2D eigenvalue weighted by Crippen LogP contribution is -2.36. The molecule has 0 amide bonds. The first-order chi connectivity index (χ1) is 12.1. The lowest BCUT2D eigenvalue weighted by molar-refractivity contribution is -0.133.